The molecule has 1 amide bonds. The number of amides is 1. The average molecular weight is 308 g/mol. The SMILES string of the molecule is O=C(NC1=C(Br)CCC=C1)OCc1ccccc1. The van der Waals surface area contributed by atoms with Crippen molar-refractivity contribution in [3.05, 3.63) is 58.2 Å². The van der Waals surface area contributed by atoms with Crippen molar-refractivity contribution in [1.82, 2.24) is 5.32 Å². The third-order valence-electron chi connectivity index (χ3n) is 2.56. The van der Waals surface area contributed by atoms with E-state index in [4.69, 9.17) is 4.74 Å². The number of halogens is 1. The Morgan fingerprint density at radius 2 is 2.11 bits per heavy atom. The van der Waals surface area contributed by atoms with Gasteiger partial charge in [-0.25, -0.2) is 4.79 Å². The third kappa shape index (κ3) is 3.74. The van der Waals surface area contributed by atoms with Gasteiger partial charge in [-0.1, -0.05) is 52.3 Å². The Morgan fingerprint density at radius 3 is 2.83 bits per heavy atom. The van der Waals surface area contributed by atoms with Gasteiger partial charge < -0.3 is 4.74 Å². The molecule has 0 radical (unpaired) electrons. The van der Waals surface area contributed by atoms with Crippen molar-refractivity contribution < 1.29 is 9.53 Å². The fourth-order valence-corrected chi connectivity index (χ4v) is 2.08. The van der Waals surface area contributed by atoms with Crippen LogP contribution in [0.2, 0.25) is 0 Å². The lowest BCUT2D eigenvalue weighted by Crippen LogP contribution is -2.24. The smallest absolute Gasteiger partial charge is 0.411 e. The summed E-state index contributed by atoms with van der Waals surface area (Å²) >= 11 is 3.44. The zero-order chi connectivity index (χ0) is 12.8. The normalized spacial score (nSPS) is 14.5. The van der Waals surface area contributed by atoms with E-state index >= 15 is 0 Å². The maximum Gasteiger partial charge on any atom is 0.411 e. The first kappa shape index (κ1) is 12.9. The second-order valence-corrected chi connectivity index (χ2v) is 4.90. The predicted molar refractivity (Wildman–Crippen MR) is 74.1 cm³/mol. The molecule has 0 aliphatic heterocycles. The van der Waals surface area contributed by atoms with E-state index in [-0.39, 0.29) is 6.61 Å². The number of rotatable bonds is 3. The molecule has 0 fully saturated rings. The molecule has 0 heterocycles. The van der Waals surface area contributed by atoms with E-state index in [1.165, 1.54) is 0 Å². The van der Waals surface area contributed by atoms with Gasteiger partial charge in [0.15, 0.2) is 0 Å². The highest BCUT2D eigenvalue weighted by molar-refractivity contribution is 9.11. The molecule has 18 heavy (non-hydrogen) atoms. The van der Waals surface area contributed by atoms with Crippen LogP contribution >= 0.6 is 15.9 Å². The van der Waals surface area contributed by atoms with Crippen LogP contribution < -0.4 is 5.32 Å². The maximum atomic E-state index is 11.6. The monoisotopic (exact) mass is 307 g/mol. The first-order valence-corrected chi connectivity index (χ1v) is 6.58. The van der Waals surface area contributed by atoms with E-state index in [2.05, 4.69) is 21.2 Å². The van der Waals surface area contributed by atoms with Gasteiger partial charge in [-0.15, -0.1) is 0 Å². The lowest BCUT2D eigenvalue weighted by Gasteiger charge is -2.12. The van der Waals surface area contributed by atoms with Crippen LogP contribution in [-0.2, 0) is 11.3 Å². The van der Waals surface area contributed by atoms with E-state index in [9.17, 15) is 4.79 Å². The van der Waals surface area contributed by atoms with Crippen molar-refractivity contribution in [2.75, 3.05) is 0 Å². The van der Waals surface area contributed by atoms with Crippen LogP contribution in [0, 0.1) is 0 Å². The molecule has 2 rings (SSSR count). The number of benzene rings is 1. The molecule has 1 aromatic rings. The van der Waals surface area contributed by atoms with Gasteiger partial charge in [-0.3, -0.25) is 5.32 Å². The molecule has 94 valence electrons. The van der Waals surface area contributed by atoms with Gasteiger partial charge in [0, 0.05) is 4.48 Å². The summed E-state index contributed by atoms with van der Waals surface area (Å²) in [5.74, 6) is 0. The molecular formula is C14H14BrNO2. The zero-order valence-corrected chi connectivity index (χ0v) is 11.4. The van der Waals surface area contributed by atoms with E-state index in [1.54, 1.807) is 0 Å². The first-order valence-electron chi connectivity index (χ1n) is 5.78. The molecule has 1 aromatic carbocycles. The molecule has 4 heteroatoms. The number of carbonyl (C=O) groups excluding carboxylic acids is 1. The van der Waals surface area contributed by atoms with E-state index in [0.29, 0.717) is 0 Å². The Balaban J connectivity index is 1.84. The van der Waals surface area contributed by atoms with Crippen LogP contribution in [0.4, 0.5) is 4.79 Å². The molecule has 1 aliphatic carbocycles. The number of ether oxygens (including phenoxy) is 1. The standard InChI is InChI=1S/C14H14BrNO2/c15-12-8-4-5-9-13(12)16-14(17)18-10-11-6-2-1-3-7-11/h1-3,5-7,9H,4,8,10H2,(H,16,17). The van der Waals surface area contributed by atoms with Crippen molar-refractivity contribution in [2.45, 2.75) is 19.4 Å². The van der Waals surface area contributed by atoms with Gasteiger partial charge in [0.1, 0.15) is 6.61 Å². The van der Waals surface area contributed by atoms with Crippen LogP contribution in [0.25, 0.3) is 0 Å². The van der Waals surface area contributed by atoms with E-state index in [1.807, 2.05) is 42.5 Å². The highest BCUT2D eigenvalue weighted by atomic mass is 79.9. The minimum Gasteiger partial charge on any atom is -0.444 e. The van der Waals surface area contributed by atoms with E-state index in [0.717, 1.165) is 28.6 Å². The van der Waals surface area contributed by atoms with Crippen LogP contribution in [0.1, 0.15) is 18.4 Å². The second-order valence-electron chi connectivity index (χ2n) is 3.95. The lowest BCUT2D eigenvalue weighted by atomic mass is 10.1. The third-order valence-corrected chi connectivity index (χ3v) is 3.38. The van der Waals surface area contributed by atoms with Crippen LogP contribution in [0.3, 0.4) is 0 Å². The van der Waals surface area contributed by atoms with Gasteiger partial charge >= 0.3 is 6.09 Å². The molecule has 3 nitrogen and oxygen atoms in total. The summed E-state index contributed by atoms with van der Waals surface area (Å²) in [5.41, 5.74) is 1.75. The first-order chi connectivity index (χ1) is 8.75. The Hall–Kier alpha value is -1.55. The van der Waals surface area contributed by atoms with Crippen LogP contribution in [-0.4, -0.2) is 6.09 Å². The van der Waals surface area contributed by atoms with Gasteiger partial charge in [0.25, 0.3) is 0 Å². The molecule has 1 N–H and O–H groups in total. The fourth-order valence-electron chi connectivity index (χ4n) is 1.61. The quantitative estimate of drug-likeness (QED) is 0.920. The zero-order valence-electron chi connectivity index (χ0n) is 9.86. The Morgan fingerprint density at radius 1 is 1.33 bits per heavy atom. The number of hydrogen-bond donors (Lipinski definition) is 1. The summed E-state index contributed by atoms with van der Waals surface area (Å²) < 4.78 is 6.14. The maximum absolute atomic E-state index is 11.6. The van der Waals surface area contributed by atoms with Crippen LogP contribution in [0.5, 0.6) is 0 Å². The second kappa shape index (κ2) is 6.40. The number of nitrogens with one attached hydrogen (secondary N) is 1. The Kier molecular flexibility index (Phi) is 4.59. The minimum atomic E-state index is -0.433. The summed E-state index contributed by atoms with van der Waals surface area (Å²) in [6, 6.07) is 9.60. The molecule has 0 saturated heterocycles. The number of alkyl carbamates (subject to hydrolysis) is 1. The Labute approximate surface area is 115 Å². The molecule has 1 aliphatic rings. The molecule has 0 saturated carbocycles. The fraction of sp³-hybridized carbons (Fsp3) is 0.214. The molecule has 0 bridgehead atoms. The van der Waals surface area contributed by atoms with Gasteiger partial charge in [-0.05, 0) is 24.5 Å². The summed E-state index contributed by atoms with van der Waals surface area (Å²) in [4.78, 5) is 11.6. The highest BCUT2D eigenvalue weighted by Crippen LogP contribution is 2.22. The highest BCUT2D eigenvalue weighted by Gasteiger charge is 2.10. The minimum absolute atomic E-state index is 0.279. The topological polar surface area (TPSA) is 38.3 Å². The number of carbonyl (C=O) groups is 1. The van der Waals surface area contributed by atoms with Gasteiger partial charge in [-0.2, -0.15) is 0 Å². The summed E-state index contributed by atoms with van der Waals surface area (Å²) in [7, 11) is 0. The predicted octanol–water partition coefficient (Wildman–Crippen LogP) is 3.87. The molecule has 0 spiro atoms. The number of hydrogen-bond acceptors (Lipinski definition) is 2. The molecule has 0 aromatic heterocycles. The number of allylic oxidation sites excluding steroid dienone is 3. The summed E-state index contributed by atoms with van der Waals surface area (Å²) in [6.45, 7) is 0.279. The molecule has 0 unspecified atom stereocenters. The van der Waals surface area contributed by atoms with Crippen molar-refractivity contribution in [3.8, 4) is 0 Å². The largest absolute Gasteiger partial charge is 0.444 e. The lowest BCUT2D eigenvalue weighted by molar-refractivity contribution is 0.143. The molecular weight excluding hydrogens is 294 g/mol. The van der Waals surface area contributed by atoms with Crippen molar-refractivity contribution in [2.24, 2.45) is 0 Å². The van der Waals surface area contributed by atoms with Crippen molar-refractivity contribution >= 4 is 22.0 Å². The molecule has 0 atom stereocenters. The van der Waals surface area contributed by atoms with Gasteiger partial charge in [0.2, 0.25) is 0 Å². The van der Waals surface area contributed by atoms with Crippen LogP contribution in [0.15, 0.2) is 52.7 Å². The summed E-state index contributed by atoms with van der Waals surface area (Å²) in [6.07, 6.45) is 5.38. The average Bonchev–Trinajstić information content (AvgIpc) is 2.40. The van der Waals surface area contributed by atoms with Crippen molar-refractivity contribution in [3.63, 3.8) is 0 Å². The van der Waals surface area contributed by atoms with Gasteiger partial charge in [0.05, 0.1) is 5.70 Å². The van der Waals surface area contributed by atoms with Crippen molar-refractivity contribution in [1.29, 1.82) is 0 Å². The van der Waals surface area contributed by atoms with E-state index < -0.39 is 6.09 Å². The summed E-state index contributed by atoms with van der Waals surface area (Å²) in [5, 5.41) is 2.72. The Bertz CT molecular complexity index is 480.